The molecule has 5 heteroatoms. The van der Waals surface area contributed by atoms with Crippen molar-refractivity contribution in [2.75, 3.05) is 0 Å². The number of nitrogens with two attached hydrogens (primary N) is 1. The van der Waals surface area contributed by atoms with Crippen LogP contribution in [-0.2, 0) is 6.42 Å². The van der Waals surface area contributed by atoms with Gasteiger partial charge in [0.05, 0.1) is 10.5 Å². The highest BCUT2D eigenvalue weighted by atomic mass is 79.9. The summed E-state index contributed by atoms with van der Waals surface area (Å²) >= 11 is 3.17. The molecule has 0 aliphatic heterocycles. The molecule has 0 radical (unpaired) electrons. The van der Waals surface area contributed by atoms with E-state index in [1.54, 1.807) is 12.3 Å². The second-order valence-corrected chi connectivity index (χ2v) is 5.87. The van der Waals surface area contributed by atoms with Gasteiger partial charge in [-0.2, -0.15) is 0 Å². The molecule has 1 aromatic heterocycles. The number of aromatic nitrogens is 1. The second-order valence-electron chi connectivity index (χ2n) is 5.01. The fourth-order valence-electron chi connectivity index (χ4n) is 2.92. The van der Waals surface area contributed by atoms with Gasteiger partial charge in [0, 0.05) is 17.8 Å². The number of hydrogen-bond donors (Lipinski definition) is 2. The van der Waals surface area contributed by atoms with Crippen molar-refractivity contribution in [3.8, 4) is 0 Å². The number of hydrogen-bond acceptors (Lipinski definition) is 3. The molecule has 3 nitrogen and oxygen atoms in total. The smallest absolute Gasteiger partial charge is 0.137 e. The Kier molecular flexibility index (Phi) is 3.83. The molecule has 1 aliphatic carbocycles. The van der Waals surface area contributed by atoms with Gasteiger partial charge in [-0.3, -0.25) is 16.3 Å². The third-order valence-corrected chi connectivity index (χ3v) is 4.53. The van der Waals surface area contributed by atoms with Crippen LogP contribution in [0.3, 0.4) is 0 Å². The van der Waals surface area contributed by atoms with Gasteiger partial charge in [-0.1, -0.05) is 12.1 Å². The number of nitrogens with one attached hydrogen (secondary N) is 1. The number of nitrogens with zero attached hydrogens (tertiary/aromatic N) is 1. The highest BCUT2D eigenvalue weighted by Gasteiger charge is 2.31. The first-order chi connectivity index (χ1) is 9.70. The molecule has 0 spiro atoms. The van der Waals surface area contributed by atoms with Gasteiger partial charge in [-0.15, -0.1) is 0 Å². The van der Waals surface area contributed by atoms with Crippen molar-refractivity contribution in [2.24, 2.45) is 5.84 Å². The zero-order chi connectivity index (χ0) is 14.1. The van der Waals surface area contributed by atoms with Crippen LogP contribution in [0.25, 0.3) is 0 Å². The average Bonchev–Trinajstić information content (AvgIpc) is 2.88. The second kappa shape index (κ2) is 5.60. The molecule has 2 atom stereocenters. The van der Waals surface area contributed by atoms with Gasteiger partial charge >= 0.3 is 0 Å². The largest absolute Gasteiger partial charge is 0.271 e. The Morgan fingerprint density at radius 2 is 2.25 bits per heavy atom. The fourth-order valence-corrected chi connectivity index (χ4v) is 3.17. The van der Waals surface area contributed by atoms with E-state index in [4.69, 9.17) is 5.84 Å². The van der Waals surface area contributed by atoms with Crippen LogP contribution in [0.2, 0.25) is 0 Å². The maximum absolute atomic E-state index is 13.7. The van der Waals surface area contributed by atoms with E-state index in [-0.39, 0.29) is 17.8 Å². The van der Waals surface area contributed by atoms with Crippen LogP contribution in [0.5, 0.6) is 0 Å². The number of fused-ring (bicyclic) bond motifs is 1. The minimum absolute atomic E-state index is 0.131. The molecule has 1 aliphatic rings. The van der Waals surface area contributed by atoms with Crippen molar-refractivity contribution < 1.29 is 4.39 Å². The molecule has 0 saturated carbocycles. The van der Waals surface area contributed by atoms with Crippen LogP contribution in [0, 0.1) is 5.82 Å². The van der Waals surface area contributed by atoms with Crippen LogP contribution in [0.15, 0.2) is 41.0 Å². The van der Waals surface area contributed by atoms with E-state index < -0.39 is 0 Å². The van der Waals surface area contributed by atoms with E-state index in [2.05, 4.69) is 32.4 Å². The number of pyridine rings is 1. The molecule has 1 aromatic carbocycles. The highest BCUT2D eigenvalue weighted by Crippen LogP contribution is 2.40. The molecule has 2 unspecified atom stereocenters. The summed E-state index contributed by atoms with van der Waals surface area (Å²) in [6, 6.07) is 9.04. The minimum Gasteiger partial charge on any atom is -0.271 e. The molecular formula is C15H15BrFN3. The van der Waals surface area contributed by atoms with Crippen molar-refractivity contribution in [1.82, 2.24) is 10.4 Å². The molecule has 2 aromatic rings. The molecule has 20 heavy (non-hydrogen) atoms. The summed E-state index contributed by atoms with van der Waals surface area (Å²) in [5.41, 5.74) is 6.00. The van der Waals surface area contributed by atoms with E-state index in [1.807, 2.05) is 12.1 Å². The molecule has 3 rings (SSSR count). The molecule has 0 bridgehead atoms. The summed E-state index contributed by atoms with van der Waals surface area (Å²) < 4.78 is 14.2. The summed E-state index contributed by atoms with van der Waals surface area (Å²) in [4.78, 5) is 4.48. The number of aryl methyl sites for hydroxylation is 1. The van der Waals surface area contributed by atoms with Gasteiger partial charge in [0.15, 0.2) is 0 Å². The SMILES string of the molecule is NNC(c1ccc(Br)c(F)c1)C1CCc2cccnc21. The Bertz CT molecular complexity index is 632. The van der Waals surface area contributed by atoms with Crippen molar-refractivity contribution in [3.05, 3.63) is 63.6 Å². The lowest BCUT2D eigenvalue weighted by atomic mass is 9.91. The van der Waals surface area contributed by atoms with E-state index in [0.717, 1.165) is 24.1 Å². The van der Waals surface area contributed by atoms with Gasteiger partial charge < -0.3 is 0 Å². The average molecular weight is 336 g/mol. The summed E-state index contributed by atoms with van der Waals surface area (Å²) in [6.45, 7) is 0. The van der Waals surface area contributed by atoms with Gasteiger partial charge in [0.25, 0.3) is 0 Å². The van der Waals surface area contributed by atoms with Crippen molar-refractivity contribution >= 4 is 15.9 Å². The fraction of sp³-hybridized carbons (Fsp3) is 0.267. The normalized spacial score (nSPS) is 18.9. The maximum atomic E-state index is 13.7. The van der Waals surface area contributed by atoms with E-state index in [1.165, 1.54) is 11.6 Å². The number of benzene rings is 1. The van der Waals surface area contributed by atoms with E-state index in [0.29, 0.717) is 4.47 Å². The first-order valence-electron chi connectivity index (χ1n) is 6.55. The molecule has 1 heterocycles. The van der Waals surface area contributed by atoms with E-state index >= 15 is 0 Å². The lowest BCUT2D eigenvalue weighted by Gasteiger charge is -2.23. The third-order valence-electron chi connectivity index (χ3n) is 3.89. The van der Waals surface area contributed by atoms with E-state index in [9.17, 15) is 4.39 Å². The molecule has 104 valence electrons. The highest BCUT2D eigenvalue weighted by molar-refractivity contribution is 9.10. The maximum Gasteiger partial charge on any atom is 0.137 e. The van der Waals surface area contributed by atoms with Crippen molar-refractivity contribution in [2.45, 2.75) is 24.8 Å². The molecule has 0 saturated heterocycles. The molecule has 3 N–H and O–H groups in total. The third kappa shape index (κ3) is 2.37. The predicted octanol–water partition coefficient (Wildman–Crippen LogP) is 3.22. The zero-order valence-corrected chi connectivity index (χ0v) is 12.4. The topological polar surface area (TPSA) is 50.9 Å². The van der Waals surface area contributed by atoms with Crippen molar-refractivity contribution in [1.29, 1.82) is 0 Å². The van der Waals surface area contributed by atoms with Crippen LogP contribution < -0.4 is 11.3 Å². The lowest BCUT2D eigenvalue weighted by molar-refractivity contribution is 0.444. The predicted molar refractivity (Wildman–Crippen MR) is 79.5 cm³/mol. The zero-order valence-electron chi connectivity index (χ0n) is 10.8. The van der Waals surface area contributed by atoms with Gasteiger partial charge in [-0.05, 0) is 58.1 Å². The van der Waals surface area contributed by atoms with Crippen LogP contribution in [0.4, 0.5) is 4.39 Å². The van der Waals surface area contributed by atoms with Gasteiger partial charge in [0.1, 0.15) is 5.82 Å². The van der Waals surface area contributed by atoms with Crippen LogP contribution >= 0.6 is 15.9 Å². The Morgan fingerprint density at radius 3 is 3.00 bits per heavy atom. The monoisotopic (exact) mass is 335 g/mol. The standard InChI is InChI=1S/C15H15BrFN3/c16-12-6-4-10(8-13(12)17)15(20-18)11-5-3-9-2-1-7-19-14(9)11/h1-2,4,6-8,11,15,20H,3,5,18H2. The number of rotatable bonds is 3. The van der Waals surface area contributed by atoms with Crippen LogP contribution in [0.1, 0.15) is 35.2 Å². The minimum atomic E-state index is -0.276. The quantitative estimate of drug-likeness (QED) is 0.668. The molecular weight excluding hydrogens is 321 g/mol. The summed E-state index contributed by atoms with van der Waals surface area (Å²) in [6.07, 6.45) is 3.76. The Labute approximate surface area is 125 Å². The number of hydrazine groups is 1. The summed E-state index contributed by atoms with van der Waals surface area (Å²) in [5, 5.41) is 0. The summed E-state index contributed by atoms with van der Waals surface area (Å²) in [5.74, 6) is 5.62. The van der Waals surface area contributed by atoms with Gasteiger partial charge in [0.2, 0.25) is 0 Å². The Balaban J connectivity index is 1.97. The summed E-state index contributed by atoms with van der Waals surface area (Å²) in [7, 11) is 0. The first kappa shape index (κ1) is 13.7. The first-order valence-corrected chi connectivity index (χ1v) is 7.35. The molecule has 0 amide bonds. The molecule has 0 fully saturated rings. The van der Waals surface area contributed by atoms with Gasteiger partial charge in [-0.25, -0.2) is 4.39 Å². The van der Waals surface area contributed by atoms with Crippen molar-refractivity contribution in [3.63, 3.8) is 0 Å². The Hall–Kier alpha value is -1.30. The Morgan fingerprint density at radius 1 is 1.40 bits per heavy atom. The van der Waals surface area contributed by atoms with Crippen LogP contribution in [-0.4, -0.2) is 4.98 Å². The lowest BCUT2D eigenvalue weighted by Crippen LogP contribution is -2.32. The number of halogens is 2.